The van der Waals surface area contributed by atoms with Crippen molar-refractivity contribution in [2.24, 2.45) is 0 Å². The third-order valence-corrected chi connectivity index (χ3v) is 2.73. The van der Waals surface area contributed by atoms with E-state index in [0.717, 1.165) is 6.07 Å². The Kier molecular flexibility index (Phi) is 5.70. The lowest BCUT2D eigenvalue weighted by atomic mass is 10.2. The van der Waals surface area contributed by atoms with Crippen LogP contribution in [0.2, 0.25) is 0 Å². The summed E-state index contributed by atoms with van der Waals surface area (Å²) in [5.74, 6) is -1.14. The Morgan fingerprint density at radius 1 is 1.39 bits per heavy atom. The highest BCUT2D eigenvalue weighted by molar-refractivity contribution is 9.10. The number of alkyl halides is 2. The van der Waals surface area contributed by atoms with Crippen LogP contribution < -0.4 is 10.1 Å². The summed E-state index contributed by atoms with van der Waals surface area (Å²) in [5, 5.41) is 20.3. The molecule has 4 nitrogen and oxygen atoms in total. The molecule has 18 heavy (non-hydrogen) atoms. The average Bonchev–Trinajstić information content (AvgIpc) is 2.33. The highest BCUT2D eigenvalue weighted by Gasteiger charge is 2.17. The van der Waals surface area contributed by atoms with Gasteiger partial charge in [-0.25, -0.2) is 4.39 Å². The van der Waals surface area contributed by atoms with Gasteiger partial charge in [-0.1, -0.05) is 0 Å². The zero-order valence-corrected chi connectivity index (χ0v) is 10.6. The van der Waals surface area contributed by atoms with Crippen molar-refractivity contribution >= 4 is 21.6 Å². The van der Waals surface area contributed by atoms with Gasteiger partial charge in [0.15, 0.2) is 5.75 Å². The van der Waals surface area contributed by atoms with E-state index in [1.807, 2.05) is 0 Å². The fourth-order valence-electron chi connectivity index (χ4n) is 1.17. The minimum atomic E-state index is -3.11. The second kappa shape index (κ2) is 6.81. The van der Waals surface area contributed by atoms with Gasteiger partial charge >= 0.3 is 6.61 Å². The third kappa shape index (κ3) is 4.04. The maximum absolute atomic E-state index is 13.2. The molecule has 8 heteroatoms. The summed E-state index contributed by atoms with van der Waals surface area (Å²) in [4.78, 5) is 0. The van der Waals surface area contributed by atoms with Gasteiger partial charge in [-0.15, -0.1) is 0 Å². The molecule has 0 spiro atoms. The lowest BCUT2D eigenvalue weighted by Gasteiger charge is -2.16. The van der Waals surface area contributed by atoms with Crippen molar-refractivity contribution in [1.29, 1.82) is 0 Å². The predicted molar refractivity (Wildman–Crippen MR) is 62.3 cm³/mol. The van der Waals surface area contributed by atoms with E-state index >= 15 is 0 Å². The minimum Gasteiger partial charge on any atom is -0.431 e. The summed E-state index contributed by atoms with van der Waals surface area (Å²) < 4.78 is 41.5. The lowest BCUT2D eigenvalue weighted by Crippen LogP contribution is -2.23. The van der Waals surface area contributed by atoms with Gasteiger partial charge in [0.2, 0.25) is 0 Å². The van der Waals surface area contributed by atoms with Crippen LogP contribution in [0.3, 0.4) is 0 Å². The van der Waals surface area contributed by atoms with Crippen LogP contribution >= 0.6 is 15.9 Å². The predicted octanol–water partition coefficient (Wildman–Crippen LogP) is 1.95. The van der Waals surface area contributed by atoms with E-state index in [0.29, 0.717) is 0 Å². The molecule has 1 rings (SSSR count). The molecule has 0 radical (unpaired) electrons. The van der Waals surface area contributed by atoms with Crippen LogP contribution in [-0.4, -0.2) is 36.1 Å². The number of anilines is 1. The molecule has 0 aliphatic carbocycles. The van der Waals surface area contributed by atoms with Crippen molar-refractivity contribution in [3.8, 4) is 5.75 Å². The van der Waals surface area contributed by atoms with Crippen LogP contribution in [-0.2, 0) is 0 Å². The summed E-state index contributed by atoms with van der Waals surface area (Å²) >= 11 is 2.80. The second-order valence-electron chi connectivity index (χ2n) is 3.33. The summed E-state index contributed by atoms with van der Waals surface area (Å²) in [6.07, 6.45) is -1.06. The van der Waals surface area contributed by atoms with Crippen LogP contribution in [0.4, 0.5) is 18.9 Å². The van der Waals surface area contributed by atoms with Gasteiger partial charge < -0.3 is 20.3 Å². The van der Waals surface area contributed by atoms with Crippen LogP contribution in [0.5, 0.6) is 5.75 Å². The molecule has 0 aliphatic heterocycles. The Labute approximate surface area is 110 Å². The van der Waals surface area contributed by atoms with Gasteiger partial charge in [-0.3, -0.25) is 0 Å². The van der Waals surface area contributed by atoms with Crippen molar-refractivity contribution in [2.75, 3.05) is 18.5 Å². The van der Waals surface area contributed by atoms with E-state index in [-0.39, 0.29) is 16.7 Å². The molecule has 1 aromatic rings. The molecule has 1 unspecified atom stereocenters. The van der Waals surface area contributed by atoms with Gasteiger partial charge in [0.05, 0.1) is 22.9 Å². The van der Waals surface area contributed by atoms with E-state index in [2.05, 4.69) is 26.0 Å². The normalized spacial score (nSPS) is 12.6. The first-order valence-electron chi connectivity index (χ1n) is 4.91. The summed E-state index contributed by atoms with van der Waals surface area (Å²) in [6.45, 7) is -3.68. The molecule has 102 valence electrons. The lowest BCUT2D eigenvalue weighted by molar-refractivity contribution is -0.0500. The van der Waals surface area contributed by atoms with E-state index in [1.165, 1.54) is 6.07 Å². The third-order valence-electron chi connectivity index (χ3n) is 2.00. The van der Waals surface area contributed by atoms with Gasteiger partial charge in [-0.2, -0.15) is 8.78 Å². The first-order valence-corrected chi connectivity index (χ1v) is 5.70. The number of hydrogen-bond acceptors (Lipinski definition) is 4. The maximum atomic E-state index is 13.2. The Bertz CT molecular complexity index is 406. The summed E-state index contributed by atoms with van der Waals surface area (Å²) in [6, 6.07) is 2.25. The molecule has 0 fully saturated rings. The van der Waals surface area contributed by atoms with Crippen molar-refractivity contribution < 1.29 is 28.1 Å². The molecular formula is C10H11BrF3NO3. The zero-order valence-electron chi connectivity index (χ0n) is 9.04. The number of rotatable bonds is 6. The SMILES string of the molecule is OCC(O)CNc1ccc(F)c(Br)c1OC(F)F. The monoisotopic (exact) mass is 329 g/mol. The molecule has 0 aliphatic rings. The van der Waals surface area contributed by atoms with Crippen molar-refractivity contribution in [3.05, 3.63) is 22.4 Å². The largest absolute Gasteiger partial charge is 0.431 e. The number of benzene rings is 1. The molecule has 0 aromatic heterocycles. The molecular weight excluding hydrogens is 319 g/mol. The fourth-order valence-corrected chi connectivity index (χ4v) is 1.61. The number of ether oxygens (including phenoxy) is 1. The summed E-state index contributed by atoms with van der Waals surface area (Å²) in [5.41, 5.74) is 0.0797. The number of halogens is 4. The van der Waals surface area contributed by atoms with Crippen LogP contribution in [0.25, 0.3) is 0 Å². The number of hydrogen-bond donors (Lipinski definition) is 3. The Morgan fingerprint density at radius 2 is 2.06 bits per heavy atom. The second-order valence-corrected chi connectivity index (χ2v) is 4.13. The quantitative estimate of drug-likeness (QED) is 0.746. The van der Waals surface area contributed by atoms with Gasteiger partial charge in [0.1, 0.15) is 5.82 Å². The Balaban J connectivity index is 2.92. The number of aliphatic hydroxyl groups excluding tert-OH is 2. The number of aliphatic hydroxyl groups is 2. The maximum Gasteiger partial charge on any atom is 0.387 e. The summed E-state index contributed by atoms with van der Waals surface area (Å²) in [7, 11) is 0. The highest BCUT2D eigenvalue weighted by Crippen LogP contribution is 2.36. The first-order chi connectivity index (χ1) is 8.45. The Hall–Kier alpha value is -0.990. The minimum absolute atomic E-state index is 0.0797. The molecule has 0 heterocycles. The van der Waals surface area contributed by atoms with E-state index in [4.69, 9.17) is 10.2 Å². The number of nitrogens with one attached hydrogen (secondary N) is 1. The smallest absolute Gasteiger partial charge is 0.387 e. The molecule has 1 atom stereocenters. The van der Waals surface area contributed by atoms with Crippen molar-refractivity contribution in [1.82, 2.24) is 0 Å². The Morgan fingerprint density at radius 3 is 2.61 bits per heavy atom. The van der Waals surface area contributed by atoms with Crippen LogP contribution in [0.1, 0.15) is 0 Å². The molecule has 0 saturated heterocycles. The van der Waals surface area contributed by atoms with E-state index in [9.17, 15) is 13.2 Å². The molecule has 0 saturated carbocycles. The first kappa shape index (κ1) is 15.1. The average molecular weight is 330 g/mol. The van der Waals surface area contributed by atoms with Crippen molar-refractivity contribution in [3.63, 3.8) is 0 Å². The van der Waals surface area contributed by atoms with Crippen LogP contribution in [0, 0.1) is 5.82 Å². The van der Waals surface area contributed by atoms with Crippen molar-refractivity contribution in [2.45, 2.75) is 12.7 Å². The zero-order chi connectivity index (χ0) is 13.7. The fraction of sp³-hybridized carbons (Fsp3) is 0.400. The molecule has 3 N–H and O–H groups in total. The molecule has 0 bridgehead atoms. The van der Waals surface area contributed by atoms with Gasteiger partial charge in [0.25, 0.3) is 0 Å². The highest BCUT2D eigenvalue weighted by atomic mass is 79.9. The van der Waals surface area contributed by atoms with E-state index < -0.39 is 30.9 Å². The van der Waals surface area contributed by atoms with Gasteiger partial charge in [-0.05, 0) is 28.1 Å². The van der Waals surface area contributed by atoms with Crippen LogP contribution in [0.15, 0.2) is 16.6 Å². The molecule has 1 aromatic carbocycles. The topological polar surface area (TPSA) is 61.7 Å². The molecule has 0 amide bonds. The van der Waals surface area contributed by atoms with E-state index in [1.54, 1.807) is 0 Å². The standard InChI is InChI=1S/C10H11BrF3NO3/c11-8-6(12)1-2-7(9(8)18-10(13)14)15-3-5(17)4-16/h1-2,5,10,15-17H,3-4H2. The van der Waals surface area contributed by atoms with Gasteiger partial charge in [0, 0.05) is 6.54 Å².